The lowest BCUT2D eigenvalue weighted by atomic mass is 10.0. The van der Waals surface area contributed by atoms with Gasteiger partial charge in [0.05, 0.1) is 19.1 Å². The number of hydrogen-bond acceptors (Lipinski definition) is 12. The molecule has 0 saturated carbocycles. The van der Waals surface area contributed by atoms with E-state index in [0.717, 1.165) is 5.56 Å². The zero-order chi connectivity index (χ0) is 34.2. The minimum atomic E-state index is -0.799. The van der Waals surface area contributed by atoms with Crippen LogP contribution in [0, 0.1) is 12.8 Å². The summed E-state index contributed by atoms with van der Waals surface area (Å²) in [7, 11) is 0. The standard InChI is InChI=1S/C31H35N9O7S/c1-17(2)11-21-31-37-23(16-48-31)27(43)32-9-10-40(25(42)13-33-29(45)26-18(3)38-47-39-26)14-24(41)34-20(12-19-7-5-4-6-8-19)30-36-22(15-46-30)28(44)35-21/h4-8,15-17,20-21H,9-14H2,1-3H3,(H,32,43)(H,33,45)(H,34,41)(H,35,44)/t20-,21-/m0/s1. The summed E-state index contributed by atoms with van der Waals surface area (Å²) in [6.45, 7) is 4.57. The number of carbonyl (C=O) groups excluding carboxylic acids is 5. The zero-order valence-electron chi connectivity index (χ0n) is 26.5. The van der Waals surface area contributed by atoms with Crippen molar-refractivity contribution in [2.75, 3.05) is 26.2 Å². The summed E-state index contributed by atoms with van der Waals surface area (Å²) in [5.74, 6) is -2.54. The summed E-state index contributed by atoms with van der Waals surface area (Å²) in [4.78, 5) is 75.8. The van der Waals surface area contributed by atoms with Crippen molar-refractivity contribution in [3.05, 3.63) is 81.2 Å². The van der Waals surface area contributed by atoms with E-state index in [1.165, 1.54) is 29.4 Å². The number of nitrogens with zero attached hydrogens (tertiary/aromatic N) is 5. The van der Waals surface area contributed by atoms with Gasteiger partial charge in [-0.2, -0.15) is 0 Å². The number of fused-ring (bicyclic) bond motifs is 4. The van der Waals surface area contributed by atoms with Crippen molar-refractivity contribution in [2.24, 2.45) is 5.92 Å². The third kappa shape index (κ3) is 8.67. The zero-order valence-corrected chi connectivity index (χ0v) is 27.3. The molecule has 16 nitrogen and oxygen atoms in total. The molecule has 4 aromatic rings. The van der Waals surface area contributed by atoms with E-state index in [1.807, 2.05) is 44.2 Å². The average Bonchev–Trinajstić information content (AvgIpc) is 3.84. The van der Waals surface area contributed by atoms with Gasteiger partial charge < -0.3 is 30.6 Å². The second-order valence-corrected chi connectivity index (χ2v) is 12.4. The Morgan fingerprint density at radius 1 is 1.04 bits per heavy atom. The molecule has 4 bridgehead atoms. The van der Waals surface area contributed by atoms with Crippen molar-refractivity contribution in [1.82, 2.24) is 46.4 Å². The predicted octanol–water partition coefficient (Wildman–Crippen LogP) is 1.74. The van der Waals surface area contributed by atoms with Crippen molar-refractivity contribution >= 4 is 40.9 Å². The van der Waals surface area contributed by atoms with Gasteiger partial charge in [0, 0.05) is 24.9 Å². The smallest absolute Gasteiger partial charge is 0.275 e. The van der Waals surface area contributed by atoms with Crippen LogP contribution in [0.2, 0.25) is 0 Å². The quantitative estimate of drug-likeness (QED) is 0.221. The maximum Gasteiger partial charge on any atom is 0.275 e. The van der Waals surface area contributed by atoms with Gasteiger partial charge in [0.15, 0.2) is 11.4 Å². The van der Waals surface area contributed by atoms with E-state index in [-0.39, 0.29) is 54.1 Å². The van der Waals surface area contributed by atoms with Crippen molar-refractivity contribution < 1.29 is 33.0 Å². The molecule has 0 spiro atoms. The monoisotopic (exact) mass is 677 g/mol. The number of benzene rings is 1. The van der Waals surface area contributed by atoms with Gasteiger partial charge in [-0.15, -0.1) is 11.3 Å². The van der Waals surface area contributed by atoms with Crippen molar-refractivity contribution in [1.29, 1.82) is 0 Å². The number of nitrogens with one attached hydrogen (secondary N) is 4. The fourth-order valence-corrected chi connectivity index (χ4v) is 5.83. The number of thiazole rings is 1. The Labute approximate surface area is 279 Å². The largest absolute Gasteiger partial charge is 0.446 e. The number of oxazole rings is 1. The van der Waals surface area contributed by atoms with E-state index in [1.54, 1.807) is 5.38 Å². The topological polar surface area (TPSA) is 215 Å². The van der Waals surface area contributed by atoms with Gasteiger partial charge in [0.2, 0.25) is 17.7 Å². The first-order chi connectivity index (χ1) is 23.1. The molecule has 4 N–H and O–H groups in total. The molecule has 5 rings (SSSR count). The third-order valence-electron chi connectivity index (χ3n) is 7.36. The molecular weight excluding hydrogens is 642 g/mol. The fourth-order valence-electron chi connectivity index (χ4n) is 4.97. The van der Waals surface area contributed by atoms with E-state index >= 15 is 0 Å². The number of aromatic nitrogens is 4. The van der Waals surface area contributed by atoms with Crippen LogP contribution in [0.4, 0.5) is 0 Å². The van der Waals surface area contributed by atoms with Crippen molar-refractivity contribution in [2.45, 2.75) is 45.7 Å². The van der Waals surface area contributed by atoms with Gasteiger partial charge in [-0.3, -0.25) is 24.0 Å². The number of hydrogen-bond donors (Lipinski definition) is 4. The van der Waals surface area contributed by atoms with Gasteiger partial charge in [-0.25, -0.2) is 14.6 Å². The molecular formula is C31H35N9O7S. The molecule has 48 heavy (non-hydrogen) atoms. The van der Waals surface area contributed by atoms with Crippen LogP contribution in [-0.4, -0.2) is 80.9 Å². The second-order valence-electron chi connectivity index (χ2n) is 11.6. The van der Waals surface area contributed by atoms with Gasteiger partial charge in [0.1, 0.15) is 28.7 Å². The molecule has 0 aliphatic carbocycles. The van der Waals surface area contributed by atoms with Crippen LogP contribution in [0.5, 0.6) is 0 Å². The van der Waals surface area contributed by atoms with E-state index in [0.29, 0.717) is 11.4 Å². The first-order valence-corrected chi connectivity index (χ1v) is 16.1. The van der Waals surface area contributed by atoms with E-state index in [9.17, 15) is 24.0 Å². The fraction of sp³-hybridized carbons (Fsp3) is 0.387. The average molecular weight is 678 g/mol. The van der Waals surface area contributed by atoms with E-state index in [4.69, 9.17) is 4.42 Å². The van der Waals surface area contributed by atoms with Crippen LogP contribution in [-0.2, 0) is 16.0 Å². The van der Waals surface area contributed by atoms with Gasteiger partial charge in [0.25, 0.3) is 17.7 Å². The third-order valence-corrected chi connectivity index (χ3v) is 8.32. The van der Waals surface area contributed by atoms with Crippen molar-refractivity contribution in [3.8, 4) is 0 Å². The van der Waals surface area contributed by atoms with E-state index < -0.39 is 54.7 Å². The molecule has 0 radical (unpaired) electrons. The Hall–Kier alpha value is -5.45. The summed E-state index contributed by atoms with van der Waals surface area (Å²) in [5, 5.41) is 20.3. The molecule has 3 aromatic heterocycles. The van der Waals surface area contributed by atoms with Crippen LogP contribution >= 0.6 is 11.3 Å². The summed E-state index contributed by atoms with van der Waals surface area (Å²) >= 11 is 1.24. The number of aryl methyl sites for hydroxylation is 1. The van der Waals surface area contributed by atoms with Crippen LogP contribution in [0.1, 0.15) is 86.0 Å². The van der Waals surface area contributed by atoms with Gasteiger partial charge in [-0.1, -0.05) is 49.3 Å². The number of rotatable bonds is 7. The summed E-state index contributed by atoms with van der Waals surface area (Å²) in [6, 6.07) is 8.02. The van der Waals surface area contributed by atoms with E-state index in [2.05, 4.69) is 46.2 Å². The Bertz CT molecular complexity index is 1770. The molecule has 1 aliphatic heterocycles. The Morgan fingerprint density at radius 2 is 1.83 bits per heavy atom. The van der Waals surface area contributed by atoms with Crippen LogP contribution in [0.15, 0.2) is 51.0 Å². The Balaban J connectivity index is 1.42. The van der Waals surface area contributed by atoms with Crippen molar-refractivity contribution in [3.63, 3.8) is 0 Å². The molecule has 0 unspecified atom stereocenters. The lowest BCUT2D eigenvalue weighted by Gasteiger charge is -2.24. The summed E-state index contributed by atoms with van der Waals surface area (Å²) in [6.07, 6.45) is 2.05. The second kappa shape index (κ2) is 15.4. The minimum absolute atomic E-state index is 0.00630. The highest BCUT2D eigenvalue weighted by atomic mass is 32.1. The molecule has 0 saturated heterocycles. The normalized spacial score (nSPS) is 17.6. The maximum atomic E-state index is 13.5. The van der Waals surface area contributed by atoms with Crippen LogP contribution in [0.25, 0.3) is 0 Å². The maximum absolute atomic E-state index is 13.5. The lowest BCUT2D eigenvalue weighted by molar-refractivity contribution is -0.135. The highest BCUT2D eigenvalue weighted by molar-refractivity contribution is 7.09. The molecule has 1 aliphatic rings. The SMILES string of the molecule is Cc1nonc1C(=O)NCC(=O)N1CCNC(=O)c2csc(n2)[C@H](CC(C)C)NC(=O)c2coc(n2)[C@H](Cc2ccccc2)NC(=O)C1. The molecule has 2 atom stereocenters. The Morgan fingerprint density at radius 3 is 2.56 bits per heavy atom. The highest BCUT2D eigenvalue weighted by Crippen LogP contribution is 2.26. The van der Waals surface area contributed by atoms with Crippen LogP contribution < -0.4 is 21.3 Å². The predicted molar refractivity (Wildman–Crippen MR) is 170 cm³/mol. The number of carbonyl (C=O) groups is 5. The summed E-state index contributed by atoms with van der Waals surface area (Å²) < 4.78 is 10.3. The first-order valence-electron chi connectivity index (χ1n) is 15.3. The van der Waals surface area contributed by atoms with Gasteiger partial charge in [-0.05, 0) is 30.0 Å². The molecule has 4 heterocycles. The van der Waals surface area contributed by atoms with Gasteiger partial charge >= 0.3 is 0 Å². The minimum Gasteiger partial charge on any atom is -0.446 e. The summed E-state index contributed by atoms with van der Waals surface area (Å²) in [5.41, 5.74) is 1.18. The molecule has 0 fully saturated rings. The highest BCUT2D eigenvalue weighted by Gasteiger charge is 2.28. The van der Waals surface area contributed by atoms with Crippen LogP contribution in [0.3, 0.4) is 0 Å². The lowest BCUT2D eigenvalue weighted by Crippen LogP contribution is -2.48. The first kappa shape index (κ1) is 33.9. The molecule has 5 amide bonds. The molecule has 17 heteroatoms. The Kier molecular flexibility index (Phi) is 10.9. The number of amides is 5. The molecule has 1 aromatic carbocycles. The molecule has 252 valence electrons.